The van der Waals surface area contributed by atoms with Gasteiger partial charge in [0.2, 0.25) is 0 Å². The summed E-state index contributed by atoms with van der Waals surface area (Å²) in [4.78, 5) is 12.9. The molecule has 0 aliphatic carbocycles. The van der Waals surface area contributed by atoms with Crippen LogP contribution >= 0.6 is 0 Å². The smallest absolute Gasteiger partial charge is 0.161 e. The lowest BCUT2D eigenvalue weighted by molar-refractivity contribution is 0.897. The van der Waals surface area contributed by atoms with Crippen molar-refractivity contribution in [2.75, 3.05) is 0 Å². The lowest BCUT2D eigenvalue weighted by Crippen LogP contribution is -2.08. The van der Waals surface area contributed by atoms with Gasteiger partial charge in [0, 0.05) is 18.9 Å². The molecule has 0 saturated heterocycles. The third-order valence-electron chi connectivity index (χ3n) is 2.63. The average molecular weight is 225 g/mol. The van der Waals surface area contributed by atoms with Gasteiger partial charge in [0.05, 0.1) is 16.7 Å². The van der Waals surface area contributed by atoms with Crippen LogP contribution in [0, 0.1) is 0 Å². The first kappa shape index (κ1) is 9.92. The molecule has 0 amide bonds. The standard InChI is InChI=1S/C12H11N5/c13-7-10-12(15-6-5-14-10)17-8-16-9-3-1-2-4-11(9)17/h1-6,8H,7,13H2. The van der Waals surface area contributed by atoms with Crippen LogP contribution in [0.1, 0.15) is 5.69 Å². The van der Waals surface area contributed by atoms with E-state index < -0.39 is 0 Å². The summed E-state index contributed by atoms with van der Waals surface area (Å²) in [6, 6.07) is 7.89. The van der Waals surface area contributed by atoms with Gasteiger partial charge < -0.3 is 5.73 Å². The number of nitrogens with zero attached hydrogens (tertiary/aromatic N) is 4. The van der Waals surface area contributed by atoms with E-state index in [1.54, 1.807) is 18.7 Å². The van der Waals surface area contributed by atoms with E-state index in [2.05, 4.69) is 15.0 Å². The molecule has 0 spiro atoms. The highest BCUT2D eigenvalue weighted by Gasteiger charge is 2.09. The van der Waals surface area contributed by atoms with Gasteiger partial charge in [-0.25, -0.2) is 9.97 Å². The van der Waals surface area contributed by atoms with Gasteiger partial charge in [-0.2, -0.15) is 0 Å². The first-order valence-corrected chi connectivity index (χ1v) is 5.32. The first-order valence-electron chi connectivity index (χ1n) is 5.32. The Morgan fingerprint density at radius 1 is 1.06 bits per heavy atom. The molecule has 2 aromatic heterocycles. The van der Waals surface area contributed by atoms with E-state index in [4.69, 9.17) is 5.73 Å². The van der Waals surface area contributed by atoms with Crippen LogP contribution in [0.25, 0.3) is 16.9 Å². The van der Waals surface area contributed by atoms with Crippen molar-refractivity contribution in [1.82, 2.24) is 19.5 Å². The fourth-order valence-corrected chi connectivity index (χ4v) is 1.83. The SMILES string of the molecule is NCc1nccnc1-n1cnc2ccccc21. The number of fused-ring (bicyclic) bond motifs is 1. The molecule has 1 aromatic carbocycles. The molecule has 5 nitrogen and oxygen atoms in total. The van der Waals surface area contributed by atoms with Crippen LogP contribution in [0.4, 0.5) is 0 Å². The van der Waals surface area contributed by atoms with E-state index in [1.807, 2.05) is 28.8 Å². The molecule has 84 valence electrons. The zero-order valence-electron chi connectivity index (χ0n) is 9.11. The molecule has 2 N–H and O–H groups in total. The molecule has 0 unspecified atom stereocenters. The van der Waals surface area contributed by atoms with Crippen LogP contribution in [0.2, 0.25) is 0 Å². The average Bonchev–Trinajstić information content (AvgIpc) is 2.82. The van der Waals surface area contributed by atoms with Gasteiger partial charge in [-0.1, -0.05) is 12.1 Å². The number of hydrogen-bond donors (Lipinski definition) is 1. The van der Waals surface area contributed by atoms with Crippen molar-refractivity contribution in [3.05, 3.63) is 48.7 Å². The second kappa shape index (κ2) is 3.95. The van der Waals surface area contributed by atoms with Gasteiger partial charge in [-0.3, -0.25) is 9.55 Å². The molecule has 0 atom stereocenters. The predicted molar refractivity (Wildman–Crippen MR) is 64.6 cm³/mol. The zero-order valence-corrected chi connectivity index (χ0v) is 9.11. The lowest BCUT2D eigenvalue weighted by Gasteiger charge is -2.06. The molecule has 0 aliphatic rings. The first-order chi connectivity index (χ1) is 8.40. The van der Waals surface area contributed by atoms with Crippen molar-refractivity contribution in [2.24, 2.45) is 5.73 Å². The molecule has 0 bridgehead atoms. The van der Waals surface area contributed by atoms with Crippen molar-refractivity contribution < 1.29 is 0 Å². The second-order valence-electron chi connectivity index (χ2n) is 3.63. The molecule has 0 saturated carbocycles. The normalized spacial score (nSPS) is 10.9. The summed E-state index contributed by atoms with van der Waals surface area (Å²) >= 11 is 0. The monoisotopic (exact) mass is 225 g/mol. The summed E-state index contributed by atoms with van der Waals surface area (Å²) in [7, 11) is 0. The number of benzene rings is 1. The number of nitrogens with two attached hydrogens (primary N) is 1. The summed E-state index contributed by atoms with van der Waals surface area (Å²) in [5.74, 6) is 0.740. The molecule has 3 aromatic rings. The molecule has 2 heterocycles. The van der Waals surface area contributed by atoms with Gasteiger partial charge in [0.15, 0.2) is 5.82 Å². The minimum absolute atomic E-state index is 0.357. The Kier molecular flexibility index (Phi) is 2.31. The van der Waals surface area contributed by atoms with Crippen molar-refractivity contribution >= 4 is 11.0 Å². The largest absolute Gasteiger partial charge is 0.325 e. The maximum absolute atomic E-state index is 5.66. The van der Waals surface area contributed by atoms with Crippen molar-refractivity contribution in [2.45, 2.75) is 6.54 Å². The van der Waals surface area contributed by atoms with E-state index in [0.29, 0.717) is 6.54 Å². The van der Waals surface area contributed by atoms with Crippen LogP contribution in [0.3, 0.4) is 0 Å². The summed E-state index contributed by atoms with van der Waals surface area (Å²) in [6.07, 6.45) is 5.04. The van der Waals surface area contributed by atoms with E-state index in [9.17, 15) is 0 Å². The Hall–Kier alpha value is -2.27. The Labute approximate surface area is 98.0 Å². The summed E-state index contributed by atoms with van der Waals surface area (Å²) < 4.78 is 1.91. The quantitative estimate of drug-likeness (QED) is 0.713. The number of imidazole rings is 1. The highest BCUT2D eigenvalue weighted by Crippen LogP contribution is 2.17. The molecule has 3 rings (SSSR count). The third kappa shape index (κ3) is 1.57. The molecule has 5 heteroatoms. The van der Waals surface area contributed by atoms with E-state index in [-0.39, 0.29) is 0 Å². The molecule has 17 heavy (non-hydrogen) atoms. The second-order valence-corrected chi connectivity index (χ2v) is 3.63. The summed E-state index contributed by atoms with van der Waals surface area (Å²) in [5.41, 5.74) is 8.36. The number of hydrogen-bond acceptors (Lipinski definition) is 4. The van der Waals surface area contributed by atoms with Gasteiger partial charge in [-0.15, -0.1) is 0 Å². The molecular formula is C12H11N5. The summed E-state index contributed by atoms with van der Waals surface area (Å²) in [5, 5.41) is 0. The van der Waals surface area contributed by atoms with Gasteiger partial charge in [0.25, 0.3) is 0 Å². The Bertz CT molecular complexity index is 659. The minimum atomic E-state index is 0.357. The van der Waals surface area contributed by atoms with Crippen LogP contribution < -0.4 is 5.73 Å². The number of rotatable bonds is 2. The van der Waals surface area contributed by atoms with Crippen molar-refractivity contribution in [1.29, 1.82) is 0 Å². The Balaban J connectivity index is 2.27. The maximum Gasteiger partial charge on any atom is 0.161 e. The van der Waals surface area contributed by atoms with Crippen LogP contribution in [0.5, 0.6) is 0 Å². The zero-order chi connectivity index (χ0) is 11.7. The topological polar surface area (TPSA) is 69.6 Å². The Morgan fingerprint density at radius 3 is 2.76 bits per heavy atom. The van der Waals surface area contributed by atoms with Gasteiger partial charge >= 0.3 is 0 Å². The molecular weight excluding hydrogens is 214 g/mol. The number of aromatic nitrogens is 4. The van der Waals surface area contributed by atoms with Crippen LogP contribution in [-0.4, -0.2) is 19.5 Å². The molecule has 0 fully saturated rings. The molecule has 0 radical (unpaired) electrons. The number of para-hydroxylation sites is 2. The Morgan fingerprint density at radius 2 is 1.88 bits per heavy atom. The van der Waals surface area contributed by atoms with E-state index >= 15 is 0 Å². The van der Waals surface area contributed by atoms with E-state index in [1.165, 1.54) is 0 Å². The van der Waals surface area contributed by atoms with Crippen molar-refractivity contribution in [3.8, 4) is 5.82 Å². The molecule has 0 aliphatic heterocycles. The van der Waals surface area contributed by atoms with Crippen LogP contribution in [-0.2, 0) is 6.54 Å². The maximum atomic E-state index is 5.66. The minimum Gasteiger partial charge on any atom is -0.325 e. The fourth-order valence-electron chi connectivity index (χ4n) is 1.83. The van der Waals surface area contributed by atoms with Gasteiger partial charge in [0.1, 0.15) is 6.33 Å². The van der Waals surface area contributed by atoms with Crippen LogP contribution in [0.15, 0.2) is 43.0 Å². The van der Waals surface area contributed by atoms with Gasteiger partial charge in [-0.05, 0) is 12.1 Å². The lowest BCUT2D eigenvalue weighted by atomic mass is 10.3. The predicted octanol–water partition coefficient (Wildman–Crippen LogP) is 1.27. The highest BCUT2D eigenvalue weighted by molar-refractivity contribution is 5.76. The fraction of sp³-hybridized carbons (Fsp3) is 0.0833. The summed E-state index contributed by atoms with van der Waals surface area (Å²) in [6.45, 7) is 0.357. The highest BCUT2D eigenvalue weighted by atomic mass is 15.1. The van der Waals surface area contributed by atoms with E-state index in [0.717, 1.165) is 22.5 Å². The third-order valence-corrected chi connectivity index (χ3v) is 2.63. The van der Waals surface area contributed by atoms with Crippen molar-refractivity contribution in [3.63, 3.8) is 0 Å².